The Hall–Kier alpha value is -1.85. The first-order chi connectivity index (χ1) is 10.5. The molecule has 22 heavy (non-hydrogen) atoms. The van der Waals surface area contributed by atoms with Gasteiger partial charge in [-0.15, -0.1) is 11.3 Å². The second kappa shape index (κ2) is 7.42. The lowest BCUT2D eigenvalue weighted by molar-refractivity contribution is 0.0795. The zero-order valence-electron chi connectivity index (χ0n) is 12.4. The van der Waals surface area contributed by atoms with Crippen LogP contribution in [0.2, 0.25) is 5.02 Å². The normalized spacial score (nSPS) is 10.3. The predicted molar refractivity (Wildman–Crippen MR) is 91.0 cm³/mol. The van der Waals surface area contributed by atoms with Crippen LogP contribution < -0.4 is 5.32 Å². The molecule has 0 unspecified atom stereocenters. The standard InChI is InChI=1S/C16H17ClN2O2S/c1-3-8-19(2)16(21)11-6-7-12(17)13(10-11)18-15(20)14-5-4-9-22-14/h4-7,9-10H,3,8H2,1-2H3,(H,18,20). The van der Waals surface area contributed by atoms with Gasteiger partial charge in [0.2, 0.25) is 0 Å². The largest absolute Gasteiger partial charge is 0.342 e. The predicted octanol–water partition coefficient (Wildman–Crippen LogP) is 4.14. The maximum Gasteiger partial charge on any atom is 0.265 e. The molecule has 0 aliphatic carbocycles. The SMILES string of the molecule is CCCN(C)C(=O)c1ccc(Cl)c(NC(=O)c2cccs2)c1. The van der Waals surface area contributed by atoms with Gasteiger partial charge in [-0.25, -0.2) is 0 Å². The number of amides is 2. The van der Waals surface area contributed by atoms with Gasteiger partial charge in [-0.05, 0) is 36.1 Å². The third-order valence-electron chi connectivity index (χ3n) is 3.11. The fourth-order valence-electron chi connectivity index (χ4n) is 2.00. The summed E-state index contributed by atoms with van der Waals surface area (Å²) in [6.45, 7) is 2.69. The zero-order valence-corrected chi connectivity index (χ0v) is 14.0. The van der Waals surface area contributed by atoms with E-state index in [2.05, 4.69) is 5.32 Å². The highest BCUT2D eigenvalue weighted by Crippen LogP contribution is 2.25. The Morgan fingerprint density at radius 1 is 1.32 bits per heavy atom. The zero-order chi connectivity index (χ0) is 16.1. The van der Waals surface area contributed by atoms with Gasteiger partial charge in [0.15, 0.2) is 0 Å². The fraction of sp³-hybridized carbons (Fsp3) is 0.250. The van der Waals surface area contributed by atoms with Gasteiger partial charge in [-0.3, -0.25) is 9.59 Å². The quantitative estimate of drug-likeness (QED) is 0.892. The van der Waals surface area contributed by atoms with Crippen LogP contribution in [-0.2, 0) is 0 Å². The van der Waals surface area contributed by atoms with Gasteiger partial charge in [0.25, 0.3) is 11.8 Å². The van der Waals surface area contributed by atoms with Gasteiger partial charge in [0.1, 0.15) is 0 Å². The van der Waals surface area contributed by atoms with Gasteiger partial charge in [-0.1, -0.05) is 24.6 Å². The summed E-state index contributed by atoms with van der Waals surface area (Å²) < 4.78 is 0. The summed E-state index contributed by atoms with van der Waals surface area (Å²) in [6.07, 6.45) is 0.887. The van der Waals surface area contributed by atoms with Crippen molar-refractivity contribution >= 4 is 40.4 Å². The molecule has 0 fully saturated rings. The molecule has 2 amide bonds. The lowest BCUT2D eigenvalue weighted by atomic mass is 10.1. The Bertz CT molecular complexity index is 671. The van der Waals surface area contributed by atoms with Crippen LogP contribution in [0, 0.1) is 0 Å². The lowest BCUT2D eigenvalue weighted by Crippen LogP contribution is -2.27. The smallest absolute Gasteiger partial charge is 0.265 e. The minimum Gasteiger partial charge on any atom is -0.342 e. The number of hydrogen-bond donors (Lipinski definition) is 1. The van der Waals surface area contributed by atoms with E-state index in [0.717, 1.165) is 6.42 Å². The summed E-state index contributed by atoms with van der Waals surface area (Å²) in [5, 5.41) is 4.98. The van der Waals surface area contributed by atoms with Crippen molar-refractivity contribution in [1.29, 1.82) is 0 Å². The molecule has 2 aromatic rings. The van der Waals surface area contributed by atoms with Gasteiger partial charge in [-0.2, -0.15) is 0 Å². The van der Waals surface area contributed by atoms with Gasteiger partial charge in [0.05, 0.1) is 15.6 Å². The Kier molecular flexibility index (Phi) is 5.57. The summed E-state index contributed by atoms with van der Waals surface area (Å²) in [4.78, 5) is 26.6. The molecule has 0 radical (unpaired) electrons. The van der Waals surface area contributed by atoms with E-state index in [4.69, 9.17) is 11.6 Å². The fourth-order valence-corrected chi connectivity index (χ4v) is 2.79. The van der Waals surface area contributed by atoms with E-state index in [1.165, 1.54) is 11.3 Å². The minimum absolute atomic E-state index is 0.0925. The Morgan fingerprint density at radius 2 is 2.09 bits per heavy atom. The molecule has 0 saturated carbocycles. The summed E-state index contributed by atoms with van der Waals surface area (Å²) in [5.74, 6) is -0.325. The molecule has 1 heterocycles. The van der Waals surface area contributed by atoms with Crippen molar-refractivity contribution in [1.82, 2.24) is 4.90 Å². The van der Waals surface area contributed by atoms with Crippen LogP contribution in [0.15, 0.2) is 35.7 Å². The van der Waals surface area contributed by atoms with E-state index in [1.54, 1.807) is 42.3 Å². The monoisotopic (exact) mass is 336 g/mol. The second-order valence-corrected chi connectivity index (χ2v) is 6.21. The van der Waals surface area contributed by atoms with Crippen LogP contribution in [0.25, 0.3) is 0 Å². The molecule has 0 aliphatic rings. The molecular formula is C16H17ClN2O2S. The molecule has 0 saturated heterocycles. The first-order valence-corrected chi connectivity index (χ1v) is 8.18. The van der Waals surface area contributed by atoms with E-state index in [9.17, 15) is 9.59 Å². The van der Waals surface area contributed by atoms with Crippen molar-refractivity contribution in [3.63, 3.8) is 0 Å². The molecule has 1 N–H and O–H groups in total. The van der Waals surface area contributed by atoms with Crippen molar-refractivity contribution in [3.8, 4) is 0 Å². The molecule has 116 valence electrons. The Morgan fingerprint density at radius 3 is 2.73 bits per heavy atom. The lowest BCUT2D eigenvalue weighted by Gasteiger charge is -2.17. The molecule has 0 aliphatic heterocycles. The number of nitrogens with one attached hydrogen (secondary N) is 1. The number of halogens is 1. The molecule has 6 heteroatoms. The molecule has 0 atom stereocenters. The maximum atomic E-state index is 12.3. The third kappa shape index (κ3) is 3.87. The van der Waals surface area contributed by atoms with E-state index in [0.29, 0.717) is 27.7 Å². The summed E-state index contributed by atoms with van der Waals surface area (Å²) in [6, 6.07) is 8.44. The first kappa shape index (κ1) is 16.5. The highest BCUT2D eigenvalue weighted by atomic mass is 35.5. The molecular weight excluding hydrogens is 320 g/mol. The Labute approximate surface area is 138 Å². The number of carbonyl (C=O) groups excluding carboxylic acids is 2. The summed E-state index contributed by atoms with van der Waals surface area (Å²) in [5.41, 5.74) is 0.942. The number of carbonyl (C=O) groups is 2. The molecule has 1 aromatic heterocycles. The van der Waals surface area contributed by atoms with Crippen LogP contribution in [0.1, 0.15) is 33.4 Å². The highest BCUT2D eigenvalue weighted by molar-refractivity contribution is 7.12. The van der Waals surface area contributed by atoms with Crippen LogP contribution in [0.3, 0.4) is 0 Å². The van der Waals surface area contributed by atoms with Crippen molar-refractivity contribution in [2.24, 2.45) is 0 Å². The number of hydrogen-bond acceptors (Lipinski definition) is 3. The van der Waals surface area contributed by atoms with E-state index >= 15 is 0 Å². The van der Waals surface area contributed by atoms with Crippen LogP contribution in [0.4, 0.5) is 5.69 Å². The maximum absolute atomic E-state index is 12.3. The van der Waals surface area contributed by atoms with E-state index in [-0.39, 0.29) is 11.8 Å². The van der Waals surface area contributed by atoms with Crippen LogP contribution >= 0.6 is 22.9 Å². The molecule has 0 bridgehead atoms. The van der Waals surface area contributed by atoms with E-state index < -0.39 is 0 Å². The average Bonchev–Trinajstić information content (AvgIpc) is 3.03. The van der Waals surface area contributed by atoms with Crippen LogP contribution in [-0.4, -0.2) is 30.3 Å². The average molecular weight is 337 g/mol. The summed E-state index contributed by atoms with van der Waals surface area (Å²) in [7, 11) is 1.75. The number of nitrogens with zero attached hydrogens (tertiary/aromatic N) is 1. The molecule has 2 rings (SSSR count). The highest BCUT2D eigenvalue weighted by Gasteiger charge is 2.15. The van der Waals surface area contributed by atoms with Crippen molar-refractivity contribution in [2.45, 2.75) is 13.3 Å². The van der Waals surface area contributed by atoms with Crippen molar-refractivity contribution in [3.05, 3.63) is 51.2 Å². The molecule has 4 nitrogen and oxygen atoms in total. The van der Waals surface area contributed by atoms with Gasteiger partial charge in [0, 0.05) is 19.2 Å². The van der Waals surface area contributed by atoms with E-state index in [1.807, 2.05) is 12.3 Å². The number of rotatable bonds is 5. The second-order valence-electron chi connectivity index (χ2n) is 4.85. The number of anilines is 1. The number of benzene rings is 1. The van der Waals surface area contributed by atoms with Crippen molar-refractivity contribution < 1.29 is 9.59 Å². The van der Waals surface area contributed by atoms with Gasteiger partial charge >= 0.3 is 0 Å². The minimum atomic E-state index is -0.233. The summed E-state index contributed by atoms with van der Waals surface area (Å²) >= 11 is 7.46. The third-order valence-corrected chi connectivity index (χ3v) is 4.31. The first-order valence-electron chi connectivity index (χ1n) is 6.92. The number of thiophene rings is 1. The molecule has 1 aromatic carbocycles. The Balaban J connectivity index is 2.20. The van der Waals surface area contributed by atoms with Gasteiger partial charge < -0.3 is 10.2 Å². The molecule has 0 spiro atoms. The topological polar surface area (TPSA) is 49.4 Å². The van der Waals surface area contributed by atoms with Crippen LogP contribution in [0.5, 0.6) is 0 Å². The van der Waals surface area contributed by atoms with Crippen molar-refractivity contribution in [2.75, 3.05) is 18.9 Å².